The Morgan fingerprint density at radius 1 is 1.54 bits per heavy atom. The number of carbonyl (C=O) groups is 1. The average molecular weight is 192 g/mol. The Morgan fingerprint density at radius 2 is 2.15 bits per heavy atom. The maximum Gasteiger partial charge on any atom is 0.277 e. The van der Waals surface area contributed by atoms with Gasteiger partial charge in [-0.25, -0.2) is 8.78 Å². The highest BCUT2D eigenvalue weighted by atomic mass is 19.3. The van der Waals surface area contributed by atoms with E-state index in [2.05, 4.69) is 5.32 Å². The van der Waals surface area contributed by atoms with Crippen LogP contribution in [-0.4, -0.2) is 24.9 Å². The topological polar surface area (TPSA) is 55.1 Å². The van der Waals surface area contributed by atoms with E-state index >= 15 is 0 Å². The van der Waals surface area contributed by atoms with Gasteiger partial charge in [-0.2, -0.15) is 0 Å². The fraction of sp³-hybridized carbons (Fsp3) is 0.875. The zero-order valence-corrected chi connectivity index (χ0v) is 7.35. The standard InChI is InChI=1S/C8H14F2N2O/c9-8(10,4-11)5-12-7(13)3-6-1-2-6/h6H,1-5,11H2,(H,12,13). The highest BCUT2D eigenvalue weighted by Gasteiger charge is 2.29. The Bertz CT molecular complexity index is 193. The summed E-state index contributed by atoms with van der Waals surface area (Å²) in [6.07, 6.45) is 2.46. The predicted octanol–water partition coefficient (Wildman–Crippen LogP) is 0.497. The zero-order valence-electron chi connectivity index (χ0n) is 7.35. The van der Waals surface area contributed by atoms with Crippen molar-refractivity contribution < 1.29 is 13.6 Å². The molecule has 0 aromatic carbocycles. The molecule has 0 saturated heterocycles. The molecule has 5 heteroatoms. The highest BCUT2D eigenvalue weighted by molar-refractivity contribution is 5.76. The van der Waals surface area contributed by atoms with E-state index in [9.17, 15) is 13.6 Å². The van der Waals surface area contributed by atoms with Crippen LogP contribution in [0.1, 0.15) is 19.3 Å². The van der Waals surface area contributed by atoms with Gasteiger partial charge in [0, 0.05) is 6.42 Å². The molecule has 1 saturated carbocycles. The molecule has 0 spiro atoms. The summed E-state index contributed by atoms with van der Waals surface area (Å²) in [5.74, 6) is -2.85. The minimum absolute atomic E-state index is 0.296. The van der Waals surface area contributed by atoms with E-state index in [1.807, 2.05) is 0 Å². The number of carbonyl (C=O) groups excluding carboxylic acids is 1. The van der Waals surface area contributed by atoms with Crippen molar-refractivity contribution in [2.24, 2.45) is 11.7 Å². The zero-order chi connectivity index (χ0) is 9.90. The van der Waals surface area contributed by atoms with Crippen LogP contribution < -0.4 is 11.1 Å². The van der Waals surface area contributed by atoms with Gasteiger partial charge in [0.1, 0.15) is 0 Å². The monoisotopic (exact) mass is 192 g/mol. The first kappa shape index (κ1) is 10.4. The molecular formula is C8H14F2N2O. The van der Waals surface area contributed by atoms with Crippen molar-refractivity contribution in [2.75, 3.05) is 13.1 Å². The first-order valence-electron chi connectivity index (χ1n) is 4.38. The summed E-state index contributed by atoms with van der Waals surface area (Å²) in [6.45, 7) is -1.37. The number of halogens is 2. The van der Waals surface area contributed by atoms with Gasteiger partial charge < -0.3 is 11.1 Å². The fourth-order valence-corrected chi connectivity index (χ4v) is 0.956. The van der Waals surface area contributed by atoms with Crippen LogP contribution in [0.25, 0.3) is 0 Å². The largest absolute Gasteiger partial charge is 0.350 e. The lowest BCUT2D eigenvalue weighted by Gasteiger charge is -2.14. The quantitative estimate of drug-likeness (QED) is 0.666. The Kier molecular flexibility index (Phi) is 3.19. The third-order valence-electron chi connectivity index (χ3n) is 2.01. The molecule has 1 aliphatic rings. The SMILES string of the molecule is NCC(F)(F)CNC(=O)CC1CC1. The summed E-state index contributed by atoms with van der Waals surface area (Å²) in [7, 11) is 0. The summed E-state index contributed by atoms with van der Waals surface area (Å²) < 4.78 is 25.1. The predicted molar refractivity (Wildman–Crippen MR) is 44.4 cm³/mol. The summed E-state index contributed by atoms with van der Waals surface area (Å²) in [6, 6.07) is 0. The fourth-order valence-electron chi connectivity index (χ4n) is 0.956. The van der Waals surface area contributed by atoms with Gasteiger partial charge in [0.05, 0.1) is 13.1 Å². The molecule has 3 N–H and O–H groups in total. The van der Waals surface area contributed by atoms with E-state index < -0.39 is 19.0 Å². The second-order valence-electron chi connectivity index (χ2n) is 3.48. The summed E-state index contributed by atoms with van der Waals surface area (Å²) in [5, 5.41) is 2.18. The molecule has 0 aliphatic heterocycles. The number of nitrogens with two attached hydrogens (primary N) is 1. The van der Waals surface area contributed by atoms with Gasteiger partial charge in [0.2, 0.25) is 5.91 Å². The molecule has 13 heavy (non-hydrogen) atoms. The van der Waals surface area contributed by atoms with Gasteiger partial charge in [-0.1, -0.05) is 0 Å². The second-order valence-corrected chi connectivity index (χ2v) is 3.48. The minimum atomic E-state index is -2.97. The molecule has 3 nitrogen and oxygen atoms in total. The van der Waals surface area contributed by atoms with Gasteiger partial charge in [0.25, 0.3) is 5.92 Å². The summed E-state index contributed by atoms with van der Waals surface area (Å²) >= 11 is 0. The van der Waals surface area contributed by atoms with Gasteiger partial charge in [-0.3, -0.25) is 4.79 Å². The van der Waals surface area contributed by atoms with E-state index in [4.69, 9.17) is 5.73 Å². The normalized spacial score (nSPS) is 17.2. The number of hydrogen-bond donors (Lipinski definition) is 2. The van der Waals surface area contributed by atoms with Crippen LogP contribution in [0.5, 0.6) is 0 Å². The molecule has 1 rings (SSSR count). The number of alkyl halides is 2. The van der Waals surface area contributed by atoms with Gasteiger partial charge in [0.15, 0.2) is 0 Å². The molecule has 0 radical (unpaired) electrons. The second kappa shape index (κ2) is 4.00. The van der Waals surface area contributed by atoms with Crippen molar-refractivity contribution in [2.45, 2.75) is 25.2 Å². The lowest BCUT2D eigenvalue weighted by atomic mass is 10.2. The van der Waals surface area contributed by atoms with E-state index in [-0.39, 0.29) is 5.91 Å². The molecule has 0 heterocycles. The van der Waals surface area contributed by atoms with Gasteiger partial charge in [-0.15, -0.1) is 0 Å². The molecule has 0 aromatic heterocycles. The van der Waals surface area contributed by atoms with Crippen molar-refractivity contribution in [3.8, 4) is 0 Å². The van der Waals surface area contributed by atoms with Crippen molar-refractivity contribution in [3.63, 3.8) is 0 Å². The number of hydrogen-bond acceptors (Lipinski definition) is 2. The maximum atomic E-state index is 12.5. The molecule has 1 amide bonds. The molecule has 0 bridgehead atoms. The first-order valence-corrected chi connectivity index (χ1v) is 4.38. The van der Waals surface area contributed by atoms with Crippen LogP contribution in [0.2, 0.25) is 0 Å². The van der Waals surface area contributed by atoms with Crippen LogP contribution in [-0.2, 0) is 4.79 Å². The molecular weight excluding hydrogens is 178 g/mol. The van der Waals surface area contributed by atoms with Crippen molar-refractivity contribution in [1.29, 1.82) is 0 Å². The van der Waals surface area contributed by atoms with Crippen LogP contribution in [0.3, 0.4) is 0 Å². The molecule has 1 aliphatic carbocycles. The van der Waals surface area contributed by atoms with Crippen LogP contribution in [0.4, 0.5) is 8.78 Å². The van der Waals surface area contributed by atoms with Crippen LogP contribution >= 0.6 is 0 Å². The van der Waals surface area contributed by atoms with Crippen molar-refractivity contribution in [3.05, 3.63) is 0 Å². The Morgan fingerprint density at radius 3 is 2.62 bits per heavy atom. The highest BCUT2D eigenvalue weighted by Crippen LogP contribution is 2.32. The molecule has 1 fully saturated rings. The Balaban J connectivity index is 2.13. The number of nitrogens with one attached hydrogen (secondary N) is 1. The molecule has 76 valence electrons. The maximum absolute atomic E-state index is 12.5. The Labute approximate surface area is 75.7 Å². The lowest BCUT2D eigenvalue weighted by molar-refractivity contribution is -0.123. The molecule has 0 unspecified atom stereocenters. The van der Waals surface area contributed by atoms with Gasteiger partial charge >= 0.3 is 0 Å². The smallest absolute Gasteiger partial charge is 0.277 e. The van der Waals surface area contributed by atoms with Crippen LogP contribution in [0.15, 0.2) is 0 Å². The van der Waals surface area contributed by atoms with E-state index in [0.29, 0.717) is 12.3 Å². The third-order valence-corrected chi connectivity index (χ3v) is 2.01. The van der Waals surface area contributed by atoms with Gasteiger partial charge in [-0.05, 0) is 18.8 Å². The Hall–Kier alpha value is -0.710. The summed E-state index contributed by atoms with van der Waals surface area (Å²) in [5.41, 5.74) is 4.80. The summed E-state index contributed by atoms with van der Waals surface area (Å²) in [4.78, 5) is 11.0. The molecule has 0 aromatic rings. The van der Waals surface area contributed by atoms with E-state index in [0.717, 1.165) is 12.8 Å². The van der Waals surface area contributed by atoms with Crippen molar-refractivity contribution >= 4 is 5.91 Å². The lowest BCUT2D eigenvalue weighted by Crippen LogP contribution is -2.41. The average Bonchev–Trinajstić information content (AvgIpc) is 2.85. The van der Waals surface area contributed by atoms with Crippen molar-refractivity contribution in [1.82, 2.24) is 5.32 Å². The van der Waals surface area contributed by atoms with E-state index in [1.165, 1.54) is 0 Å². The molecule has 0 atom stereocenters. The van der Waals surface area contributed by atoms with Crippen LogP contribution in [0, 0.1) is 5.92 Å². The first-order chi connectivity index (χ1) is 6.03. The third kappa shape index (κ3) is 4.17. The minimum Gasteiger partial charge on any atom is -0.350 e. The van der Waals surface area contributed by atoms with E-state index in [1.54, 1.807) is 0 Å². The number of amides is 1. The number of rotatable bonds is 5.